The van der Waals surface area contributed by atoms with Gasteiger partial charge in [0.05, 0.1) is 0 Å². The maximum atomic E-state index is 5.62. The molecule has 0 aliphatic heterocycles. The number of hydrogen-bond acceptors (Lipinski definition) is 1. The molecular formula is C13H21N. The smallest absolute Gasteiger partial charge is 0.0314 e. The van der Waals surface area contributed by atoms with E-state index in [-0.39, 0.29) is 0 Å². The number of benzene rings is 1. The Morgan fingerprint density at radius 2 is 1.64 bits per heavy atom. The zero-order chi connectivity index (χ0) is 10.6. The van der Waals surface area contributed by atoms with E-state index in [0.29, 0.717) is 5.41 Å². The minimum absolute atomic E-state index is 0.452. The number of nitrogens with two attached hydrogens (primary N) is 1. The van der Waals surface area contributed by atoms with Crippen LogP contribution in [0.25, 0.3) is 0 Å². The lowest BCUT2D eigenvalue weighted by atomic mass is 9.89. The lowest BCUT2D eigenvalue weighted by molar-refractivity contribution is 0.365. The summed E-state index contributed by atoms with van der Waals surface area (Å²) in [7, 11) is 0. The molecule has 1 rings (SSSR count). The van der Waals surface area contributed by atoms with Gasteiger partial charge in [-0.2, -0.15) is 0 Å². The molecule has 0 spiro atoms. The van der Waals surface area contributed by atoms with E-state index in [0.717, 1.165) is 12.1 Å². The highest BCUT2D eigenvalue weighted by molar-refractivity contribution is 5.39. The van der Waals surface area contributed by atoms with E-state index in [1.807, 2.05) is 12.1 Å². The van der Waals surface area contributed by atoms with Crippen molar-refractivity contribution in [2.45, 2.75) is 40.0 Å². The standard InChI is InChI=1S/C13H21N/c1-13(2,3)10-4-5-11-6-8-12(14)9-7-11/h6-9H,4-5,10,14H2,1-3H3. The molecule has 0 bridgehead atoms. The molecule has 0 fully saturated rings. The molecule has 1 heteroatoms. The lowest BCUT2D eigenvalue weighted by Gasteiger charge is -2.17. The third-order valence-corrected chi connectivity index (χ3v) is 2.37. The second kappa shape index (κ2) is 4.50. The highest BCUT2D eigenvalue weighted by Gasteiger charge is 2.08. The first-order valence-corrected chi connectivity index (χ1v) is 5.32. The Labute approximate surface area is 87.3 Å². The maximum Gasteiger partial charge on any atom is 0.0314 e. The number of aryl methyl sites for hydroxylation is 1. The third kappa shape index (κ3) is 4.31. The van der Waals surface area contributed by atoms with Crippen LogP contribution in [0.2, 0.25) is 0 Å². The van der Waals surface area contributed by atoms with Crippen molar-refractivity contribution in [2.75, 3.05) is 5.73 Å². The summed E-state index contributed by atoms with van der Waals surface area (Å²) in [6, 6.07) is 8.20. The summed E-state index contributed by atoms with van der Waals surface area (Å²) < 4.78 is 0. The molecule has 78 valence electrons. The molecule has 0 atom stereocenters. The molecule has 14 heavy (non-hydrogen) atoms. The summed E-state index contributed by atoms with van der Waals surface area (Å²) in [5.74, 6) is 0. The fraction of sp³-hybridized carbons (Fsp3) is 0.538. The Hall–Kier alpha value is -0.980. The van der Waals surface area contributed by atoms with E-state index >= 15 is 0 Å². The van der Waals surface area contributed by atoms with Crippen LogP contribution in [-0.2, 0) is 6.42 Å². The van der Waals surface area contributed by atoms with E-state index in [1.54, 1.807) is 0 Å². The predicted molar refractivity (Wildman–Crippen MR) is 63.2 cm³/mol. The van der Waals surface area contributed by atoms with Crippen molar-refractivity contribution < 1.29 is 0 Å². The van der Waals surface area contributed by atoms with Gasteiger partial charge in [-0.05, 0) is 42.4 Å². The van der Waals surface area contributed by atoms with Crippen LogP contribution in [-0.4, -0.2) is 0 Å². The summed E-state index contributed by atoms with van der Waals surface area (Å²) in [6.07, 6.45) is 3.70. The average molecular weight is 191 g/mol. The van der Waals surface area contributed by atoms with Gasteiger partial charge in [-0.25, -0.2) is 0 Å². The van der Waals surface area contributed by atoms with Crippen LogP contribution in [0.1, 0.15) is 39.2 Å². The first-order chi connectivity index (χ1) is 6.47. The third-order valence-electron chi connectivity index (χ3n) is 2.37. The molecule has 1 nitrogen and oxygen atoms in total. The van der Waals surface area contributed by atoms with Crippen molar-refractivity contribution in [3.8, 4) is 0 Å². The van der Waals surface area contributed by atoms with Crippen LogP contribution < -0.4 is 5.73 Å². The zero-order valence-electron chi connectivity index (χ0n) is 9.51. The van der Waals surface area contributed by atoms with Crippen LogP contribution in [0.3, 0.4) is 0 Å². The van der Waals surface area contributed by atoms with Gasteiger partial charge in [0.25, 0.3) is 0 Å². The Kier molecular flexibility index (Phi) is 3.56. The van der Waals surface area contributed by atoms with E-state index in [9.17, 15) is 0 Å². The Balaban J connectivity index is 2.35. The van der Waals surface area contributed by atoms with Crippen molar-refractivity contribution in [1.82, 2.24) is 0 Å². The Bertz CT molecular complexity index is 266. The van der Waals surface area contributed by atoms with Gasteiger partial charge in [0, 0.05) is 5.69 Å². The highest BCUT2D eigenvalue weighted by Crippen LogP contribution is 2.22. The normalized spacial score (nSPS) is 11.6. The summed E-state index contributed by atoms with van der Waals surface area (Å²) >= 11 is 0. The first kappa shape index (κ1) is 11.1. The molecule has 2 N–H and O–H groups in total. The Morgan fingerprint density at radius 1 is 1.07 bits per heavy atom. The second-order valence-electron chi connectivity index (χ2n) is 5.16. The van der Waals surface area contributed by atoms with Crippen LogP contribution in [0.15, 0.2) is 24.3 Å². The minimum atomic E-state index is 0.452. The van der Waals surface area contributed by atoms with Gasteiger partial charge in [0.2, 0.25) is 0 Å². The van der Waals surface area contributed by atoms with Gasteiger partial charge in [-0.1, -0.05) is 32.9 Å². The zero-order valence-corrected chi connectivity index (χ0v) is 9.51. The fourth-order valence-corrected chi connectivity index (χ4v) is 1.51. The SMILES string of the molecule is CC(C)(C)CCCc1ccc(N)cc1. The summed E-state index contributed by atoms with van der Waals surface area (Å²) in [4.78, 5) is 0. The highest BCUT2D eigenvalue weighted by atomic mass is 14.5. The predicted octanol–water partition coefficient (Wildman–Crippen LogP) is 3.64. The molecule has 0 aliphatic carbocycles. The summed E-state index contributed by atoms with van der Waals surface area (Å²) in [5, 5.41) is 0. The molecule has 0 radical (unpaired) electrons. The fourth-order valence-electron chi connectivity index (χ4n) is 1.51. The molecule has 0 aromatic heterocycles. The van der Waals surface area contributed by atoms with Crippen LogP contribution >= 0.6 is 0 Å². The molecule has 1 aromatic carbocycles. The lowest BCUT2D eigenvalue weighted by Crippen LogP contribution is -2.04. The molecule has 0 aliphatic rings. The maximum absolute atomic E-state index is 5.62. The van der Waals surface area contributed by atoms with Crippen molar-refractivity contribution in [3.05, 3.63) is 29.8 Å². The molecule has 0 unspecified atom stereocenters. The van der Waals surface area contributed by atoms with Gasteiger partial charge >= 0.3 is 0 Å². The van der Waals surface area contributed by atoms with Gasteiger partial charge in [-0.3, -0.25) is 0 Å². The van der Waals surface area contributed by atoms with Gasteiger partial charge in [-0.15, -0.1) is 0 Å². The van der Waals surface area contributed by atoms with Crippen molar-refractivity contribution >= 4 is 5.69 Å². The number of anilines is 1. The van der Waals surface area contributed by atoms with E-state index in [2.05, 4.69) is 32.9 Å². The van der Waals surface area contributed by atoms with Gasteiger partial charge in [0.15, 0.2) is 0 Å². The minimum Gasteiger partial charge on any atom is -0.399 e. The van der Waals surface area contributed by atoms with Crippen molar-refractivity contribution in [1.29, 1.82) is 0 Å². The topological polar surface area (TPSA) is 26.0 Å². The van der Waals surface area contributed by atoms with Crippen LogP contribution in [0, 0.1) is 5.41 Å². The van der Waals surface area contributed by atoms with Crippen molar-refractivity contribution in [2.24, 2.45) is 5.41 Å². The quantitative estimate of drug-likeness (QED) is 0.725. The van der Waals surface area contributed by atoms with E-state index < -0.39 is 0 Å². The number of nitrogen functional groups attached to an aromatic ring is 1. The van der Waals surface area contributed by atoms with Gasteiger partial charge < -0.3 is 5.73 Å². The number of hydrogen-bond donors (Lipinski definition) is 1. The van der Waals surface area contributed by atoms with E-state index in [1.165, 1.54) is 18.4 Å². The second-order valence-corrected chi connectivity index (χ2v) is 5.16. The largest absolute Gasteiger partial charge is 0.399 e. The molecule has 0 saturated heterocycles. The summed E-state index contributed by atoms with van der Waals surface area (Å²) in [6.45, 7) is 6.86. The molecule has 0 saturated carbocycles. The monoisotopic (exact) mass is 191 g/mol. The van der Waals surface area contributed by atoms with Gasteiger partial charge in [0.1, 0.15) is 0 Å². The van der Waals surface area contributed by atoms with Crippen LogP contribution in [0.4, 0.5) is 5.69 Å². The Morgan fingerprint density at radius 3 is 2.14 bits per heavy atom. The van der Waals surface area contributed by atoms with Crippen molar-refractivity contribution in [3.63, 3.8) is 0 Å². The molecule has 0 heterocycles. The van der Waals surface area contributed by atoms with E-state index in [4.69, 9.17) is 5.73 Å². The molecule has 1 aromatic rings. The molecular weight excluding hydrogens is 170 g/mol. The molecule has 0 amide bonds. The number of rotatable bonds is 3. The average Bonchev–Trinajstić information content (AvgIpc) is 2.06. The van der Waals surface area contributed by atoms with Crippen LogP contribution in [0.5, 0.6) is 0 Å². The first-order valence-electron chi connectivity index (χ1n) is 5.32. The summed E-state index contributed by atoms with van der Waals surface area (Å²) in [5.41, 5.74) is 8.32.